The van der Waals surface area contributed by atoms with Gasteiger partial charge < -0.3 is 36.1 Å². The molecule has 1 aromatic rings. The van der Waals surface area contributed by atoms with E-state index in [1.807, 2.05) is 12.1 Å². The Morgan fingerprint density at radius 3 is 2.88 bits per heavy atom. The number of benzene rings is 1. The Kier molecular flexibility index (Phi) is 10.6. The molecule has 13 atom stereocenters. The minimum Gasteiger partial charge on any atom is -0.504 e. The lowest BCUT2D eigenvalue weighted by atomic mass is 9.64. The second kappa shape index (κ2) is 15.4. The first-order valence-electron chi connectivity index (χ1n) is 20.3. The zero-order valence-corrected chi connectivity index (χ0v) is 31.0. The molecule has 0 aromatic heterocycles. The number of carbonyl (C=O) groups excluding carboxylic acids is 1. The number of aliphatic imine (C=N–C) groups is 1. The lowest BCUT2D eigenvalue weighted by Crippen LogP contribution is -2.61. The summed E-state index contributed by atoms with van der Waals surface area (Å²) < 4.78 is 12.6. The first-order chi connectivity index (χ1) is 25.2. The second-order valence-corrected chi connectivity index (χ2v) is 17.4. The molecule has 8 aliphatic rings. The van der Waals surface area contributed by atoms with Crippen LogP contribution in [-0.2, 0) is 16.0 Å². The number of guanidine groups is 1. The molecular formula is C41H60N6O5. The molecule has 0 saturated carbocycles. The van der Waals surface area contributed by atoms with Crippen LogP contribution in [0.4, 0.5) is 0 Å². The molecule has 7 heterocycles. The van der Waals surface area contributed by atoms with E-state index < -0.39 is 17.6 Å². The number of aromatic hydroxyl groups is 1. The van der Waals surface area contributed by atoms with Crippen LogP contribution in [-0.4, -0.2) is 108 Å². The largest absolute Gasteiger partial charge is 0.504 e. The topological polar surface area (TPSA) is 145 Å². The van der Waals surface area contributed by atoms with Gasteiger partial charge in [-0.2, -0.15) is 0 Å². The molecule has 1 spiro atoms. The normalized spacial score (nSPS) is 42.0. The van der Waals surface area contributed by atoms with Gasteiger partial charge in [0, 0.05) is 70.0 Å². The SMILES string of the molecule is CC(=O)OC1CC(O)CCC2(C#CC3CCCC4CC(CCN4)Oc4cc(ccc4O)CC31)CNC(N)=NCN1CC3CC(C1)C1CCC2CN1C3. The van der Waals surface area contributed by atoms with Crippen LogP contribution < -0.4 is 21.1 Å². The molecule has 52 heavy (non-hydrogen) atoms. The van der Waals surface area contributed by atoms with Crippen LogP contribution in [0, 0.1) is 46.8 Å². The Labute approximate surface area is 309 Å². The predicted molar refractivity (Wildman–Crippen MR) is 199 cm³/mol. The van der Waals surface area contributed by atoms with Gasteiger partial charge in [-0.15, -0.1) is 0 Å². The zero-order valence-electron chi connectivity index (χ0n) is 31.0. The number of phenols is 1. The maximum atomic E-state index is 12.7. The van der Waals surface area contributed by atoms with E-state index >= 15 is 0 Å². The monoisotopic (exact) mass is 716 g/mol. The number of aliphatic hydroxyl groups excluding tert-OH is 1. The van der Waals surface area contributed by atoms with Gasteiger partial charge in [0.15, 0.2) is 17.5 Å². The Morgan fingerprint density at radius 2 is 2.00 bits per heavy atom. The van der Waals surface area contributed by atoms with Crippen LogP contribution >= 0.6 is 0 Å². The molecular weight excluding hydrogens is 656 g/mol. The van der Waals surface area contributed by atoms with Crippen molar-refractivity contribution in [2.75, 3.05) is 45.9 Å². The molecule has 6 N–H and O–H groups in total. The Balaban J connectivity index is 1.19. The van der Waals surface area contributed by atoms with Crippen LogP contribution in [0.5, 0.6) is 11.5 Å². The molecule has 11 heteroatoms. The number of nitrogens with two attached hydrogens (primary N) is 1. The molecule has 11 nitrogen and oxygen atoms in total. The summed E-state index contributed by atoms with van der Waals surface area (Å²) in [5.41, 5.74) is 7.19. The highest BCUT2D eigenvalue weighted by molar-refractivity contribution is 5.77. The van der Waals surface area contributed by atoms with Gasteiger partial charge in [-0.3, -0.25) is 14.6 Å². The van der Waals surface area contributed by atoms with Crippen molar-refractivity contribution in [1.29, 1.82) is 0 Å². The summed E-state index contributed by atoms with van der Waals surface area (Å²) in [6, 6.07) is 6.56. The summed E-state index contributed by atoms with van der Waals surface area (Å²) in [5, 5.41) is 29.9. The number of piperidine rings is 4. The number of phenolic OH excluding ortho intramolecular Hbond substituents is 1. The summed E-state index contributed by atoms with van der Waals surface area (Å²) >= 11 is 0. The Hall–Kier alpha value is -3.04. The second-order valence-electron chi connectivity index (χ2n) is 17.4. The maximum Gasteiger partial charge on any atom is 0.302 e. The molecule has 7 aliphatic heterocycles. The average molecular weight is 717 g/mol. The van der Waals surface area contributed by atoms with Crippen molar-refractivity contribution in [2.24, 2.45) is 45.7 Å². The summed E-state index contributed by atoms with van der Waals surface area (Å²) in [5.74, 6) is 10.2. The van der Waals surface area contributed by atoms with E-state index in [2.05, 4.69) is 32.3 Å². The van der Waals surface area contributed by atoms with Crippen LogP contribution in [0.1, 0.15) is 83.1 Å². The molecule has 9 rings (SSSR count). The summed E-state index contributed by atoms with van der Waals surface area (Å²) in [6.45, 7) is 7.90. The molecule has 10 bridgehead atoms. The fourth-order valence-electron chi connectivity index (χ4n) is 11.2. The van der Waals surface area contributed by atoms with Crippen molar-refractivity contribution in [3.63, 3.8) is 0 Å². The highest BCUT2D eigenvalue weighted by atomic mass is 16.5. The molecule has 13 unspecified atom stereocenters. The molecule has 0 amide bonds. The first-order valence-corrected chi connectivity index (χ1v) is 20.3. The van der Waals surface area contributed by atoms with Crippen molar-refractivity contribution < 1.29 is 24.5 Å². The lowest BCUT2D eigenvalue weighted by molar-refractivity contribution is -0.152. The van der Waals surface area contributed by atoms with Crippen LogP contribution in [0.3, 0.4) is 0 Å². The third kappa shape index (κ3) is 7.91. The van der Waals surface area contributed by atoms with Crippen molar-refractivity contribution in [3.05, 3.63) is 23.8 Å². The first kappa shape index (κ1) is 36.0. The molecule has 0 radical (unpaired) electrons. The number of nitrogens with one attached hydrogen (secondary N) is 2. The van der Waals surface area contributed by atoms with E-state index in [1.165, 1.54) is 19.8 Å². The van der Waals surface area contributed by atoms with Gasteiger partial charge >= 0.3 is 5.97 Å². The summed E-state index contributed by atoms with van der Waals surface area (Å²) in [7, 11) is 0. The van der Waals surface area contributed by atoms with Gasteiger partial charge in [-0.25, -0.2) is 4.99 Å². The van der Waals surface area contributed by atoms with Gasteiger partial charge in [0.2, 0.25) is 0 Å². The lowest BCUT2D eigenvalue weighted by Gasteiger charge is -2.55. The van der Waals surface area contributed by atoms with Gasteiger partial charge in [0.1, 0.15) is 12.2 Å². The fraction of sp³-hybridized carbons (Fsp3) is 0.756. The number of hydrogen-bond donors (Lipinski definition) is 5. The number of aliphatic hydroxyl groups is 1. The smallest absolute Gasteiger partial charge is 0.302 e. The van der Waals surface area contributed by atoms with E-state index in [1.54, 1.807) is 6.07 Å². The maximum absolute atomic E-state index is 12.7. The summed E-state index contributed by atoms with van der Waals surface area (Å²) in [6.07, 6.45) is 9.37. The van der Waals surface area contributed by atoms with Crippen molar-refractivity contribution in [1.82, 2.24) is 20.4 Å². The number of carbonyl (C=O) groups is 1. The van der Waals surface area contributed by atoms with Crippen LogP contribution in [0.15, 0.2) is 23.2 Å². The van der Waals surface area contributed by atoms with Crippen molar-refractivity contribution >= 4 is 11.9 Å². The third-order valence-corrected chi connectivity index (χ3v) is 13.8. The van der Waals surface area contributed by atoms with Gasteiger partial charge in [0.25, 0.3) is 0 Å². The van der Waals surface area contributed by atoms with E-state index in [9.17, 15) is 15.0 Å². The van der Waals surface area contributed by atoms with E-state index in [-0.39, 0.29) is 29.7 Å². The highest BCUT2D eigenvalue weighted by Crippen LogP contribution is 2.46. The third-order valence-electron chi connectivity index (χ3n) is 13.8. The van der Waals surface area contributed by atoms with Gasteiger partial charge in [-0.05, 0) is 106 Å². The molecule has 1 aromatic carbocycles. The molecule has 284 valence electrons. The number of fused-ring (bicyclic) bond motifs is 9. The van der Waals surface area contributed by atoms with Crippen LogP contribution in [0.2, 0.25) is 0 Å². The molecule has 4 fully saturated rings. The predicted octanol–water partition coefficient (Wildman–Crippen LogP) is 3.22. The number of hydrogen-bond acceptors (Lipinski definition) is 11. The average Bonchev–Trinajstić information content (AvgIpc) is 3.13. The number of rotatable bonds is 1. The number of ether oxygens (including phenoxy) is 2. The van der Waals surface area contributed by atoms with E-state index in [4.69, 9.17) is 20.2 Å². The minimum atomic E-state index is -0.653. The fourth-order valence-corrected chi connectivity index (χ4v) is 11.2. The molecule has 1 aliphatic carbocycles. The quantitative estimate of drug-likeness (QED) is 0.217. The molecule has 4 saturated heterocycles. The standard InChI is InChI=1S/C41H60N6O5/c1-26(48)51-38-19-33(49)10-13-41(24-44-40(42)45-25-46-20-28-15-30(22-46)36-7-6-31(41)23-47(36)21-28)12-9-29-3-2-4-32-18-34(11-14-43-32)52-39-17-27(16-35(29)38)5-8-37(39)50/h5,8,17,28-36,38,43,49-50H,2-4,6-7,10-11,13-16,18-25H2,1H3,(H3,42,44,45). The van der Waals surface area contributed by atoms with E-state index in [0.29, 0.717) is 74.0 Å². The van der Waals surface area contributed by atoms with Gasteiger partial charge in [-0.1, -0.05) is 24.3 Å². The van der Waals surface area contributed by atoms with Crippen molar-refractivity contribution in [2.45, 2.75) is 114 Å². The number of nitrogens with zero attached hydrogens (tertiary/aromatic N) is 3. The van der Waals surface area contributed by atoms with Crippen molar-refractivity contribution in [3.8, 4) is 23.3 Å². The minimum absolute atomic E-state index is 0.0413. The number of esters is 1. The van der Waals surface area contributed by atoms with Crippen LogP contribution in [0.25, 0.3) is 0 Å². The van der Waals surface area contributed by atoms with E-state index in [0.717, 1.165) is 83.2 Å². The Bertz CT molecular complexity index is 1540. The Morgan fingerprint density at radius 1 is 1.10 bits per heavy atom. The zero-order chi connectivity index (χ0) is 35.8. The van der Waals surface area contributed by atoms with Gasteiger partial charge in [0.05, 0.1) is 18.2 Å². The summed E-state index contributed by atoms with van der Waals surface area (Å²) in [4.78, 5) is 22.8. The highest BCUT2D eigenvalue weighted by Gasteiger charge is 2.48.